The third-order valence-corrected chi connectivity index (χ3v) is 5.43. The predicted molar refractivity (Wildman–Crippen MR) is 126 cm³/mol. The van der Waals surface area contributed by atoms with E-state index < -0.39 is 12.9 Å². The quantitative estimate of drug-likeness (QED) is 0.539. The highest BCUT2D eigenvalue weighted by atomic mass is 16.5. The lowest BCUT2D eigenvalue weighted by Crippen LogP contribution is -2.37. The molecule has 0 bridgehead atoms. The number of carbonyl (C=O) groups excluding carboxylic acids is 2. The number of anilines is 3. The highest BCUT2D eigenvalue weighted by molar-refractivity contribution is 6.08. The van der Waals surface area contributed by atoms with Gasteiger partial charge in [-0.3, -0.25) is 9.69 Å². The summed E-state index contributed by atoms with van der Waals surface area (Å²) in [6, 6.07) is 2.81. The van der Waals surface area contributed by atoms with Gasteiger partial charge in [0.15, 0.2) is 17.4 Å². The standard InChI is InChI=1S/C22H27N9O3/c1-13(2)30-10-11-31(22(30)33)20-17(21(32)23-3)15(7-9-25-20)27-19-18(34-5)14(6-8-24-19)16-12-26-29(4)28-16/h6-9,12-13H,10-11H2,1-5H3,(H,23,32)(H,24,25,27)/i3D3. The van der Waals surface area contributed by atoms with E-state index in [4.69, 9.17) is 8.85 Å². The number of aryl methyl sites for hydroxylation is 1. The van der Waals surface area contributed by atoms with Crippen LogP contribution >= 0.6 is 0 Å². The van der Waals surface area contributed by atoms with Crippen molar-refractivity contribution in [2.45, 2.75) is 19.9 Å². The van der Waals surface area contributed by atoms with E-state index in [1.807, 2.05) is 19.2 Å². The molecule has 0 spiro atoms. The van der Waals surface area contributed by atoms with Crippen LogP contribution in [-0.4, -0.2) is 75.0 Å². The number of aromatic nitrogens is 5. The molecule has 178 valence electrons. The van der Waals surface area contributed by atoms with Crippen LogP contribution in [0.1, 0.15) is 28.3 Å². The highest BCUT2D eigenvalue weighted by Gasteiger charge is 2.35. The zero-order valence-electron chi connectivity index (χ0n) is 22.2. The van der Waals surface area contributed by atoms with Gasteiger partial charge in [-0.15, -0.1) is 0 Å². The number of nitrogens with zero attached hydrogens (tertiary/aromatic N) is 7. The number of carbonyl (C=O) groups is 2. The maximum absolute atomic E-state index is 13.2. The zero-order valence-corrected chi connectivity index (χ0v) is 19.2. The van der Waals surface area contributed by atoms with Crippen molar-refractivity contribution < 1.29 is 18.4 Å². The topological polar surface area (TPSA) is 130 Å². The second-order valence-electron chi connectivity index (χ2n) is 7.82. The van der Waals surface area contributed by atoms with E-state index in [0.29, 0.717) is 23.6 Å². The van der Waals surface area contributed by atoms with Gasteiger partial charge in [0, 0.05) is 49.7 Å². The number of methoxy groups -OCH3 is 1. The molecule has 12 heteroatoms. The van der Waals surface area contributed by atoms with Crippen LogP contribution in [-0.2, 0) is 7.05 Å². The number of ether oxygens (including phenoxy) is 1. The fourth-order valence-corrected chi connectivity index (χ4v) is 3.82. The van der Waals surface area contributed by atoms with E-state index >= 15 is 0 Å². The smallest absolute Gasteiger partial charge is 0.326 e. The third kappa shape index (κ3) is 4.09. The van der Waals surface area contributed by atoms with E-state index in [1.54, 1.807) is 24.2 Å². The number of amides is 3. The van der Waals surface area contributed by atoms with E-state index in [1.165, 1.54) is 35.3 Å². The molecule has 12 nitrogen and oxygen atoms in total. The van der Waals surface area contributed by atoms with Crippen LogP contribution in [0, 0.1) is 0 Å². The Morgan fingerprint density at radius 3 is 2.68 bits per heavy atom. The molecule has 4 heterocycles. The van der Waals surface area contributed by atoms with Gasteiger partial charge in [0.25, 0.3) is 5.91 Å². The summed E-state index contributed by atoms with van der Waals surface area (Å²) < 4.78 is 28.2. The van der Waals surface area contributed by atoms with Crippen molar-refractivity contribution in [2.24, 2.45) is 7.05 Å². The van der Waals surface area contributed by atoms with Gasteiger partial charge < -0.3 is 20.3 Å². The minimum Gasteiger partial charge on any atom is -0.492 e. The summed E-state index contributed by atoms with van der Waals surface area (Å²) in [5, 5.41) is 13.5. The minimum absolute atomic E-state index is 0.0314. The highest BCUT2D eigenvalue weighted by Crippen LogP contribution is 2.37. The van der Waals surface area contributed by atoms with Gasteiger partial charge in [0.05, 0.1) is 24.6 Å². The zero-order chi connectivity index (χ0) is 26.9. The summed E-state index contributed by atoms with van der Waals surface area (Å²) in [6.07, 6.45) is 4.53. The molecule has 3 amide bonds. The molecule has 1 saturated heterocycles. The first-order valence-corrected chi connectivity index (χ1v) is 10.6. The number of rotatable bonds is 7. The molecule has 0 atom stereocenters. The Balaban J connectivity index is 1.81. The summed E-state index contributed by atoms with van der Waals surface area (Å²) in [5.74, 6) is -0.330. The average molecular weight is 469 g/mol. The van der Waals surface area contributed by atoms with Crippen LogP contribution in [0.2, 0.25) is 0 Å². The molecule has 4 rings (SSSR count). The maximum atomic E-state index is 13.2. The lowest BCUT2D eigenvalue weighted by Gasteiger charge is -2.23. The molecule has 0 unspecified atom stereocenters. The monoisotopic (exact) mass is 468 g/mol. The van der Waals surface area contributed by atoms with Gasteiger partial charge in [0.2, 0.25) is 0 Å². The lowest BCUT2D eigenvalue weighted by molar-refractivity contribution is 0.0964. The molecule has 34 heavy (non-hydrogen) atoms. The van der Waals surface area contributed by atoms with Gasteiger partial charge in [-0.1, -0.05) is 0 Å². The average Bonchev–Trinajstić information content (AvgIpc) is 3.43. The fourth-order valence-electron chi connectivity index (χ4n) is 3.82. The molecule has 2 N–H and O–H groups in total. The van der Waals surface area contributed by atoms with Gasteiger partial charge in [-0.25, -0.2) is 14.8 Å². The van der Waals surface area contributed by atoms with Crippen molar-refractivity contribution in [1.29, 1.82) is 0 Å². The summed E-state index contributed by atoms with van der Waals surface area (Å²) in [4.78, 5) is 39.4. The third-order valence-electron chi connectivity index (χ3n) is 5.43. The Bertz CT molecular complexity index is 1330. The van der Waals surface area contributed by atoms with Crippen molar-refractivity contribution in [3.63, 3.8) is 0 Å². The molecule has 1 aliphatic heterocycles. The molecule has 1 fully saturated rings. The number of nitrogens with one attached hydrogen (secondary N) is 2. The largest absolute Gasteiger partial charge is 0.492 e. The van der Waals surface area contributed by atoms with Gasteiger partial charge >= 0.3 is 6.03 Å². The molecule has 0 aromatic carbocycles. The molecular weight excluding hydrogens is 438 g/mol. The number of pyridine rings is 2. The van der Waals surface area contributed by atoms with Crippen LogP contribution in [0.5, 0.6) is 5.75 Å². The van der Waals surface area contributed by atoms with Crippen LogP contribution < -0.4 is 20.3 Å². The van der Waals surface area contributed by atoms with Crippen molar-refractivity contribution in [1.82, 2.24) is 35.2 Å². The van der Waals surface area contributed by atoms with Crippen molar-refractivity contribution in [2.75, 3.05) is 37.4 Å². The van der Waals surface area contributed by atoms with E-state index in [-0.39, 0.29) is 41.5 Å². The second-order valence-corrected chi connectivity index (χ2v) is 7.82. The molecule has 3 aromatic rings. The number of hydrogen-bond donors (Lipinski definition) is 2. The fraction of sp³-hybridized carbons (Fsp3) is 0.364. The lowest BCUT2D eigenvalue weighted by atomic mass is 10.1. The first-order valence-electron chi connectivity index (χ1n) is 12.1. The molecule has 0 saturated carbocycles. The first kappa shape index (κ1) is 19.3. The second kappa shape index (κ2) is 9.33. The Morgan fingerprint density at radius 1 is 1.24 bits per heavy atom. The van der Waals surface area contributed by atoms with E-state index in [2.05, 4.69) is 25.5 Å². The molecule has 1 aliphatic rings. The Morgan fingerprint density at radius 2 is 2.03 bits per heavy atom. The number of urea groups is 1. The van der Waals surface area contributed by atoms with Crippen molar-refractivity contribution in [3.8, 4) is 17.0 Å². The normalized spacial score (nSPS) is 15.2. The van der Waals surface area contributed by atoms with Gasteiger partial charge in [-0.05, 0) is 26.0 Å². The van der Waals surface area contributed by atoms with Crippen molar-refractivity contribution in [3.05, 3.63) is 36.3 Å². The van der Waals surface area contributed by atoms with Crippen molar-refractivity contribution >= 4 is 29.3 Å². The minimum atomic E-state index is -2.76. The predicted octanol–water partition coefficient (Wildman–Crippen LogP) is 2.03. The Hall–Kier alpha value is -4.22. The molecule has 0 radical (unpaired) electrons. The molecular formula is C22H27N9O3. The van der Waals surface area contributed by atoms with E-state index in [0.717, 1.165) is 0 Å². The van der Waals surface area contributed by atoms with Crippen LogP contribution in [0.25, 0.3) is 11.3 Å². The summed E-state index contributed by atoms with van der Waals surface area (Å²) >= 11 is 0. The SMILES string of the molecule is [2H]C([2H])([2H])NC(=O)c1c(Nc2nccc(-c3cnn(C)n3)c2OC)ccnc1N1CCN(C(C)C)C1=O. The van der Waals surface area contributed by atoms with Gasteiger partial charge in [-0.2, -0.15) is 15.0 Å². The summed E-state index contributed by atoms with van der Waals surface area (Å²) in [6.45, 7) is 1.73. The Labute approximate surface area is 201 Å². The molecule has 3 aromatic heterocycles. The summed E-state index contributed by atoms with van der Waals surface area (Å²) in [5.41, 5.74) is 1.20. The van der Waals surface area contributed by atoms with Crippen LogP contribution in [0.15, 0.2) is 30.7 Å². The number of hydrogen-bond acceptors (Lipinski definition) is 8. The maximum Gasteiger partial charge on any atom is 0.326 e. The molecule has 0 aliphatic carbocycles. The summed E-state index contributed by atoms with van der Waals surface area (Å²) in [7, 11) is 3.15. The first-order chi connectivity index (χ1) is 17.5. The van der Waals surface area contributed by atoms with Gasteiger partial charge in [0.1, 0.15) is 11.3 Å². The van der Waals surface area contributed by atoms with E-state index in [9.17, 15) is 9.59 Å². The van der Waals surface area contributed by atoms with Crippen LogP contribution in [0.3, 0.4) is 0 Å². The van der Waals surface area contributed by atoms with Crippen LogP contribution in [0.4, 0.5) is 22.1 Å². The Kier molecular flexibility index (Phi) is 5.29.